The number of rotatable bonds is 6. The highest BCUT2D eigenvalue weighted by molar-refractivity contribution is 9.11. The first-order valence-electron chi connectivity index (χ1n) is 9.08. The lowest BCUT2D eigenvalue weighted by Crippen LogP contribution is -2.16. The summed E-state index contributed by atoms with van der Waals surface area (Å²) in [4.78, 5) is 12.3. The third-order valence-corrected chi connectivity index (χ3v) is 5.45. The van der Waals surface area contributed by atoms with Crippen molar-refractivity contribution in [2.24, 2.45) is 5.10 Å². The average molecular weight is 528 g/mol. The summed E-state index contributed by atoms with van der Waals surface area (Å²) in [5.41, 5.74) is 5.00. The second-order valence-electron chi connectivity index (χ2n) is 6.44. The van der Waals surface area contributed by atoms with Crippen LogP contribution in [0.3, 0.4) is 0 Å². The number of hydrogen-bond acceptors (Lipinski definition) is 4. The average Bonchev–Trinajstić information content (AvgIpc) is 3.18. The van der Waals surface area contributed by atoms with E-state index in [0.29, 0.717) is 17.9 Å². The molecule has 1 amide bonds. The molecule has 4 aromatic rings. The molecule has 0 fully saturated rings. The van der Waals surface area contributed by atoms with Gasteiger partial charge >= 0.3 is 5.91 Å². The summed E-state index contributed by atoms with van der Waals surface area (Å²) in [6, 6.07) is 22.8. The van der Waals surface area contributed by atoms with Crippen molar-refractivity contribution in [3.05, 3.63) is 98.6 Å². The second kappa shape index (κ2) is 9.28. The van der Waals surface area contributed by atoms with Crippen LogP contribution in [0, 0.1) is 0 Å². The normalized spacial score (nSPS) is 11.1. The van der Waals surface area contributed by atoms with Gasteiger partial charge in [-0.05, 0) is 67.3 Å². The van der Waals surface area contributed by atoms with Gasteiger partial charge in [0.15, 0.2) is 5.76 Å². The molecule has 0 aliphatic rings. The van der Waals surface area contributed by atoms with E-state index in [-0.39, 0.29) is 5.76 Å². The molecular formula is C23H16Br2N2O3. The Bertz CT molecular complexity index is 1160. The highest BCUT2D eigenvalue weighted by Crippen LogP contribution is 2.35. The van der Waals surface area contributed by atoms with E-state index in [1.165, 1.54) is 0 Å². The molecule has 0 saturated carbocycles. The van der Waals surface area contributed by atoms with Crippen LogP contribution in [-0.4, -0.2) is 12.1 Å². The molecule has 1 N–H and O–H groups in total. The van der Waals surface area contributed by atoms with Crippen molar-refractivity contribution >= 4 is 55.0 Å². The molecule has 0 radical (unpaired) electrons. The first-order valence-corrected chi connectivity index (χ1v) is 10.7. The largest absolute Gasteiger partial charge is 0.487 e. The van der Waals surface area contributed by atoms with Gasteiger partial charge in [-0.1, -0.05) is 48.5 Å². The number of nitrogens with one attached hydrogen (secondary N) is 1. The zero-order valence-corrected chi connectivity index (χ0v) is 18.8. The third-order valence-electron chi connectivity index (χ3n) is 4.28. The van der Waals surface area contributed by atoms with Crippen LogP contribution in [0.5, 0.6) is 5.75 Å². The number of carbonyl (C=O) groups is 1. The lowest BCUT2D eigenvalue weighted by Gasteiger charge is -2.11. The Morgan fingerprint density at radius 3 is 2.43 bits per heavy atom. The smallest absolute Gasteiger partial charge is 0.307 e. The number of halogens is 2. The topological polar surface area (TPSA) is 63.8 Å². The van der Waals surface area contributed by atoms with Crippen LogP contribution < -0.4 is 10.2 Å². The summed E-state index contributed by atoms with van der Waals surface area (Å²) in [5.74, 6) is 0.492. The van der Waals surface area contributed by atoms with Gasteiger partial charge in [0, 0.05) is 5.39 Å². The Labute approximate surface area is 190 Å². The molecular weight excluding hydrogens is 512 g/mol. The van der Waals surface area contributed by atoms with Crippen LogP contribution >= 0.6 is 31.9 Å². The van der Waals surface area contributed by atoms with Gasteiger partial charge in [0.1, 0.15) is 17.9 Å². The Morgan fingerprint density at radius 1 is 1.00 bits per heavy atom. The van der Waals surface area contributed by atoms with E-state index in [4.69, 9.17) is 9.15 Å². The predicted octanol–water partition coefficient (Wildman–Crippen LogP) is 6.30. The van der Waals surface area contributed by atoms with Crippen LogP contribution in [0.1, 0.15) is 21.7 Å². The quantitative estimate of drug-likeness (QED) is 0.236. The van der Waals surface area contributed by atoms with Gasteiger partial charge in [0.05, 0.1) is 15.2 Å². The lowest BCUT2D eigenvalue weighted by atomic mass is 10.2. The van der Waals surface area contributed by atoms with E-state index in [1.807, 2.05) is 66.7 Å². The number of furan rings is 1. The highest BCUT2D eigenvalue weighted by Gasteiger charge is 2.12. The van der Waals surface area contributed by atoms with E-state index < -0.39 is 5.91 Å². The Hall–Kier alpha value is -2.90. The van der Waals surface area contributed by atoms with Crippen LogP contribution in [0.25, 0.3) is 11.0 Å². The van der Waals surface area contributed by atoms with E-state index in [2.05, 4.69) is 42.4 Å². The fourth-order valence-electron chi connectivity index (χ4n) is 2.84. The number of fused-ring (bicyclic) bond motifs is 1. The molecule has 5 nitrogen and oxygen atoms in total. The maximum absolute atomic E-state index is 12.3. The molecule has 0 aliphatic carbocycles. The van der Waals surface area contributed by atoms with Crippen LogP contribution in [-0.2, 0) is 6.61 Å². The predicted molar refractivity (Wildman–Crippen MR) is 124 cm³/mol. The van der Waals surface area contributed by atoms with Crippen LogP contribution in [0.15, 0.2) is 91.3 Å². The fraction of sp³-hybridized carbons (Fsp3) is 0.0435. The molecule has 150 valence electrons. The minimum absolute atomic E-state index is 0.209. The number of amides is 1. The molecule has 1 aromatic heterocycles. The van der Waals surface area contributed by atoms with Gasteiger partial charge in [-0.2, -0.15) is 5.10 Å². The lowest BCUT2D eigenvalue weighted by molar-refractivity contribution is 0.0929. The highest BCUT2D eigenvalue weighted by atomic mass is 79.9. The molecule has 3 aromatic carbocycles. The monoisotopic (exact) mass is 526 g/mol. The zero-order chi connectivity index (χ0) is 20.9. The first kappa shape index (κ1) is 20.4. The second-order valence-corrected chi connectivity index (χ2v) is 8.14. The number of hydrazone groups is 1. The summed E-state index contributed by atoms with van der Waals surface area (Å²) >= 11 is 7.06. The minimum atomic E-state index is -0.414. The Kier molecular flexibility index (Phi) is 6.30. The standard InChI is InChI=1S/C23H16Br2N2O3/c24-18-10-16(11-19(25)22(18)29-14-15-6-2-1-3-7-15)13-26-27-23(28)21-12-17-8-4-5-9-20(17)30-21/h1-13H,14H2,(H,27,28)/b26-13+. The van der Waals surface area contributed by atoms with Crippen molar-refractivity contribution in [1.29, 1.82) is 0 Å². The molecule has 0 atom stereocenters. The summed E-state index contributed by atoms with van der Waals surface area (Å²) in [6.45, 7) is 0.457. The van der Waals surface area contributed by atoms with Gasteiger partial charge < -0.3 is 9.15 Å². The number of ether oxygens (including phenoxy) is 1. The van der Waals surface area contributed by atoms with E-state index in [1.54, 1.807) is 12.3 Å². The van der Waals surface area contributed by atoms with Crippen molar-refractivity contribution < 1.29 is 13.9 Å². The van der Waals surface area contributed by atoms with Crippen LogP contribution in [0.4, 0.5) is 0 Å². The van der Waals surface area contributed by atoms with Crippen molar-refractivity contribution in [2.75, 3.05) is 0 Å². The minimum Gasteiger partial charge on any atom is -0.487 e. The zero-order valence-electron chi connectivity index (χ0n) is 15.6. The number of nitrogens with zero attached hydrogens (tertiary/aromatic N) is 1. The SMILES string of the molecule is O=C(N/N=C/c1cc(Br)c(OCc2ccccc2)c(Br)c1)c1cc2ccccc2o1. The molecule has 30 heavy (non-hydrogen) atoms. The van der Waals surface area contributed by atoms with E-state index >= 15 is 0 Å². The summed E-state index contributed by atoms with van der Waals surface area (Å²) in [5, 5.41) is 4.89. The summed E-state index contributed by atoms with van der Waals surface area (Å²) < 4.78 is 13.0. The van der Waals surface area contributed by atoms with Crippen molar-refractivity contribution in [3.8, 4) is 5.75 Å². The maximum atomic E-state index is 12.3. The van der Waals surface area contributed by atoms with Gasteiger partial charge in [0.25, 0.3) is 0 Å². The van der Waals surface area contributed by atoms with Crippen molar-refractivity contribution in [1.82, 2.24) is 5.43 Å². The van der Waals surface area contributed by atoms with Gasteiger partial charge in [-0.15, -0.1) is 0 Å². The number of para-hydroxylation sites is 1. The summed E-state index contributed by atoms with van der Waals surface area (Å²) in [6.07, 6.45) is 1.55. The molecule has 1 heterocycles. The summed E-state index contributed by atoms with van der Waals surface area (Å²) in [7, 11) is 0. The number of carbonyl (C=O) groups excluding carboxylic acids is 1. The molecule has 0 spiro atoms. The molecule has 0 unspecified atom stereocenters. The van der Waals surface area contributed by atoms with Gasteiger partial charge in [-0.25, -0.2) is 5.43 Å². The fourth-order valence-corrected chi connectivity index (χ4v) is 4.29. The molecule has 7 heteroatoms. The van der Waals surface area contributed by atoms with Crippen molar-refractivity contribution in [2.45, 2.75) is 6.61 Å². The van der Waals surface area contributed by atoms with E-state index in [9.17, 15) is 4.79 Å². The first-order chi connectivity index (χ1) is 14.6. The van der Waals surface area contributed by atoms with Crippen LogP contribution in [0.2, 0.25) is 0 Å². The number of benzene rings is 3. The molecule has 0 bridgehead atoms. The van der Waals surface area contributed by atoms with Gasteiger partial charge in [0.2, 0.25) is 0 Å². The molecule has 0 aliphatic heterocycles. The van der Waals surface area contributed by atoms with E-state index in [0.717, 1.165) is 25.5 Å². The Balaban J connectivity index is 1.41. The number of hydrogen-bond donors (Lipinski definition) is 1. The van der Waals surface area contributed by atoms with Crippen molar-refractivity contribution in [3.63, 3.8) is 0 Å². The molecule has 4 rings (SSSR count). The van der Waals surface area contributed by atoms with Gasteiger partial charge in [-0.3, -0.25) is 4.79 Å². The Morgan fingerprint density at radius 2 is 1.70 bits per heavy atom. The molecule has 0 saturated heterocycles. The maximum Gasteiger partial charge on any atom is 0.307 e. The third kappa shape index (κ3) is 4.80.